The molecule has 0 fully saturated rings. The molecular formula is C10H12BN3O2. The summed E-state index contributed by atoms with van der Waals surface area (Å²) in [7, 11) is -0.0322. The van der Waals surface area contributed by atoms with E-state index in [1.165, 1.54) is 0 Å². The van der Waals surface area contributed by atoms with Gasteiger partial charge >= 0.3 is 7.48 Å². The summed E-state index contributed by atoms with van der Waals surface area (Å²) < 4.78 is 6.87. The van der Waals surface area contributed by atoms with Gasteiger partial charge in [0.15, 0.2) is 0 Å². The molecule has 0 bridgehead atoms. The molecule has 2 heterocycles. The van der Waals surface area contributed by atoms with Crippen molar-refractivity contribution in [1.82, 2.24) is 9.38 Å². The number of fused-ring (bicyclic) bond motifs is 1. The van der Waals surface area contributed by atoms with Crippen LogP contribution in [0.4, 0.5) is 0 Å². The topological polar surface area (TPSA) is 70.6 Å². The van der Waals surface area contributed by atoms with E-state index in [9.17, 15) is 0 Å². The Morgan fingerprint density at radius 2 is 2.44 bits per heavy atom. The highest BCUT2D eigenvalue weighted by Gasteiger charge is 2.09. The van der Waals surface area contributed by atoms with Gasteiger partial charge in [-0.2, -0.15) is 0 Å². The molecule has 82 valence electrons. The first-order valence-electron chi connectivity index (χ1n) is 5.04. The lowest BCUT2D eigenvalue weighted by molar-refractivity contribution is 0.324. The average Bonchev–Trinajstić information content (AvgIpc) is 2.71. The van der Waals surface area contributed by atoms with E-state index in [-0.39, 0.29) is 13.4 Å². The maximum Gasteiger partial charge on any atom is 0.306 e. The van der Waals surface area contributed by atoms with E-state index in [0.717, 1.165) is 11.1 Å². The van der Waals surface area contributed by atoms with Crippen molar-refractivity contribution in [3.63, 3.8) is 0 Å². The van der Waals surface area contributed by atoms with Gasteiger partial charge in [-0.25, -0.2) is 4.98 Å². The molecule has 6 heteroatoms. The van der Waals surface area contributed by atoms with Crippen molar-refractivity contribution in [2.75, 3.05) is 6.61 Å². The molecule has 16 heavy (non-hydrogen) atoms. The van der Waals surface area contributed by atoms with Crippen LogP contribution in [0.3, 0.4) is 0 Å². The van der Waals surface area contributed by atoms with Gasteiger partial charge in [0.25, 0.3) is 0 Å². The molecule has 0 radical (unpaired) electrons. The number of nitrogens with one attached hydrogen (secondary N) is 1. The number of hydrogen-bond donors (Lipinski definition) is 2. The third-order valence-electron chi connectivity index (χ3n) is 2.27. The molecule has 0 saturated carbocycles. The minimum atomic E-state index is -0.0322. The van der Waals surface area contributed by atoms with Crippen LogP contribution in [0.25, 0.3) is 5.65 Å². The van der Waals surface area contributed by atoms with E-state index in [2.05, 4.69) is 4.98 Å². The Morgan fingerprint density at radius 3 is 3.12 bits per heavy atom. The monoisotopic (exact) mass is 217 g/mol. The van der Waals surface area contributed by atoms with E-state index >= 15 is 0 Å². The van der Waals surface area contributed by atoms with Crippen molar-refractivity contribution in [2.45, 2.75) is 6.92 Å². The first kappa shape index (κ1) is 10.7. The third-order valence-corrected chi connectivity index (χ3v) is 2.27. The molecular weight excluding hydrogens is 205 g/mol. The van der Waals surface area contributed by atoms with E-state index in [4.69, 9.17) is 15.2 Å². The first-order valence-corrected chi connectivity index (χ1v) is 5.04. The van der Waals surface area contributed by atoms with Crippen LogP contribution in [0.15, 0.2) is 24.5 Å². The summed E-state index contributed by atoms with van der Waals surface area (Å²) >= 11 is 0. The van der Waals surface area contributed by atoms with Crippen LogP contribution in [0, 0.1) is 5.41 Å². The highest BCUT2D eigenvalue weighted by molar-refractivity contribution is 6.45. The summed E-state index contributed by atoms with van der Waals surface area (Å²) in [5, 5.41) is 16.8. The lowest BCUT2D eigenvalue weighted by Crippen LogP contribution is -2.16. The minimum absolute atomic E-state index is 0.0322. The normalized spacial score (nSPS) is 10.4. The molecule has 2 aromatic rings. The van der Waals surface area contributed by atoms with Gasteiger partial charge in [-0.15, -0.1) is 0 Å². The molecule has 0 unspecified atom stereocenters. The number of aromatic nitrogens is 2. The van der Waals surface area contributed by atoms with Gasteiger partial charge in [-0.05, 0) is 18.5 Å². The lowest BCUT2D eigenvalue weighted by atomic mass is 9.91. The van der Waals surface area contributed by atoms with Gasteiger partial charge in [-0.3, -0.25) is 9.81 Å². The van der Waals surface area contributed by atoms with Crippen LogP contribution < -0.4 is 5.46 Å². The van der Waals surface area contributed by atoms with Gasteiger partial charge in [0.1, 0.15) is 11.3 Å². The van der Waals surface area contributed by atoms with Crippen LogP contribution in [-0.2, 0) is 4.74 Å². The van der Waals surface area contributed by atoms with Crippen LogP contribution in [0.1, 0.15) is 12.6 Å². The maximum atomic E-state index is 9.05. The summed E-state index contributed by atoms with van der Waals surface area (Å²) in [4.78, 5) is 4.16. The predicted octanol–water partition coefficient (Wildman–Crippen LogP) is -0.335. The van der Waals surface area contributed by atoms with Gasteiger partial charge in [0.2, 0.25) is 5.90 Å². The molecule has 0 aliphatic heterocycles. The number of hydrogen-bond acceptors (Lipinski definition) is 4. The number of imidazole rings is 1. The molecule has 0 aliphatic carbocycles. The zero-order valence-corrected chi connectivity index (χ0v) is 8.97. The van der Waals surface area contributed by atoms with E-state index in [0.29, 0.717) is 12.3 Å². The van der Waals surface area contributed by atoms with Crippen molar-refractivity contribution < 1.29 is 9.76 Å². The molecule has 5 nitrogen and oxygen atoms in total. The molecule has 0 atom stereocenters. The fourth-order valence-electron chi connectivity index (χ4n) is 1.50. The summed E-state index contributed by atoms with van der Waals surface area (Å²) in [6.45, 7) is 2.28. The molecule has 0 aliphatic rings. The molecule has 0 spiro atoms. The highest BCUT2D eigenvalue weighted by Crippen LogP contribution is 2.06. The van der Waals surface area contributed by atoms with Gasteiger partial charge in [-0.1, -0.05) is 6.07 Å². The largest absolute Gasteiger partial charge is 0.477 e. The quantitative estimate of drug-likeness (QED) is 0.420. The molecule has 0 saturated heterocycles. The van der Waals surface area contributed by atoms with Crippen molar-refractivity contribution in [2.24, 2.45) is 0 Å². The first-order chi connectivity index (χ1) is 7.76. The molecule has 2 aromatic heterocycles. The average molecular weight is 217 g/mol. The van der Waals surface area contributed by atoms with Gasteiger partial charge in [0.05, 0.1) is 12.8 Å². The Balaban J connectivity index is 2.49. The van der Waals surface area contributed by atoms with E-state index in [1.54, 1.807) is 28.9 Å². The smallest absolute Gasteiger partial charge is 0.306 e. The summed E-state index contributed by atoms with van der Waals surface area (Å²) in [6, 6.07) is 3.60. The fraction of sp³-hybridized carbons (Fsp3) is 0.200. The highest BCUT2D eigenvalue weighted by atomic mass is 16.5. The maximum absolute atomic E-state index is 9.05. The zero-order valence-electron chi connectivity index (χ0n) is 8.97. The Labute approximate surface area is 93.5 Å². The summed E-state index contributed by atoms with van der Waals surface area (Å²) in [6.07, 6.45) is 3.35. The predicted molar refractivity (Wildman–Crippen MR) is 62.6 cm³/mol. The zero-order chi connectivity index (χ0) is 11.5. The van der Waals surface area contributed by atoms with Gasteiger partial charge < -0.3 is 9.76 Å². The van der Waals surface area contributed by atoms with Crippen LogP contribution >= 0.6 is 0 Å². The summed E-state index contributed by atoms with van der Waals surface area (Å²) in [5.41, 5.74) is 2.10. The molecule has 0 aromatic carbocycles. The summed E-state index contributed by atoms with van der Waals surface area (Å²) in [5.74, 6) is 0.0880. The molecule has 2 rings (SSSR count). The van der Waals surface area contributed by atoms with Crippen LogP contribution in [0.2, 0.25) is 0 Å². The van der Waals surface area contributed by atoms with Crippen molar-refractivity contribution in [3.8, 4) is 0 Å². The van der Waals surface area contributed by atoms with Crippen molar-refractivity contribution in [1.29, 1.82) is 5.41 Å². The number of nitrogens with zero attached hydrogens (tertiary/aromatic N) is 2. The second kappa shape index (κ2) is 4.36. The SMILES string of the molecule is CCOC(=N)c1cnc2ccc(BO)cn12. The lowest BCUT2D eigenvalue weighted by Gasteiger charge is -2.05. The second-order valence-corrected chi connectivity index (χ2v) is 3.33. The minimum Gasteiger partial charge on any atom is -0.477 e. The van der Waals surface area contributed by atoms with Crippen LogP contribution in [0.5, 0.6) is 0 Å². The fourth-order valence-corrected chi connectivity index (χ4v) is 1.50. The molecule has 0 amide bonds. The van der Waals surface area contributed by atoms with Crippen molar-refractivity contribution >= 4 is 24.5 Å². The van der Waals surface area contributed by atoms with E-state index in [1.807, 2.05) is 6.92 Å². The number of ether oxygens (including phenoxy) is 1. The number of pyridine rings is 1. The Kier molecular flexibility index (Phi) is 2.92. The molecule has 2 N–H and O–H groups in total. The van der Waals surface area contributed by atoms with Crippen molar-refractivity contribution in [3.05, 3.63) is 30.2 Å². The third kappa shape index (κ3) is 1.79. The second-order valence-electron chi connectivity index (χ2n) is 3.33. The van der Waals surface area contributed by atoms with Gasteiger partial charge in [0, 0.05) is 6.20 Å². The Morgan fingerprint density at radius 1 is 1.62 bits per heavy atom. The standard InChI is InChI=1S/C10H12BN3O2/c1-2-16-10(12)8-5-13-9-4-3-7(11-15)6-14(8)9/h3-6,11-12,15H,2H2,1H3. The number of rotatable bonds is 3. The van der Waals surface area contributed by atoms with Crippen LogP contribution in [-0.4, -0.2) is 34.4 Å². The van der Waals surface area contributed by atoms with E-state index < -0.39 is 0 Å². The Hall–Kier alpha value is -1.82. The Bertz CT molecular complexity index is 524.